The summed E-state index contributed by atoms with van der Waals surface area (Å²) < 4.78 is 10.6. The van der Waals surface area contributed by atoms with Crippen LogP contribution >= 0.6 is 21.6 Å². The fraction of sp³-hybridized carbons (Fsp3) is 0.870. The Hall–Kier alpha value is -0.970. The van der Waals surface area contributed by atoms with Gasteiger partial charge in [0.25, 0.3) is 0 Å². The van der Waals surface area contributed by atoms with E-state index in [1.165, 1.54) is 12.2 Å². The van der Waals surface area contributed by atoms with Crippen molar-refractivity contribution in [3.05, 3.63) is 0 Å². The third-order valence-electron chi connectivity index (χ3n) is 5.24. The van der Waals surface area contributed by atoms with Gasteiger partial charge >= 0.3 is 11.9 Å². The molecule has 0 aliphatic carbocycles. The third-order valence-corrected chi connectivity index (χ3v) is 8.25. The van der Waals surface area contributed by atoms with Gasteiger partial charge in [-0.05, 0) is 46.8 Å². The fourth-order valence-electron chi connectivity index (χ4n) is 3.15. The zero-order valence-electron chi connectivity index (χ0n) is 20.8. The summed E-state index contributed by atoms with van der Waals surface area (Å²) in [6.07, 6.45) is 5.98. The van der Waals surface area contributed by atoms with Gasteiger partial charge in [0.2, 0.25) is 5.91 Å². The van der Waals surface area contributed by atoms with E-state index >= 15 is 0 Å². The fourth-order valence-corrected chi connectivity index (χ4v) is 6.18. The van der Waals surface area contributed by atoms with Crippen molar-refractivity contribution in [2.24, 2.45) is 0 Å². The zero-order chi connectivity index (χ0) is 24.5. The van der Waals surface area contributed by atoms with Crippen molar-refractivity contribution in [1.29, 1.82) is 0 Å². The summed E-state index contributed by atoms with van der Waals surface area (Å²) in [6, 6.07) is -0.532. The molecule has 8 nitrogen and oxygen atoms in total. The highest BCUT2D eigenvalue weighted by molar-refractivity contribution is 8.77. The molecule has 10 heteroatoms. The first-order valence-corrected chi connectivity index (χ1v) is 14.4. The minimum atomic E-state index is -0.532. The number of esters is 2. The van der Waals surface area contributed by atoms with E-state index in [0.29, 0.717) is 31.1 Å². The summed E-state index contributed by atoms with van der Waals surface area (Å²) in [6.45, 7) is 4.30. The highest BCUT2D eigenvalue weighted by Crippen LogP contribution is 2.39. The zero-order valence-corrected chi connectivity index (χ0v) is 22.4. The van der Waals surface area contributed by atoms with Gasteiger partial charge in [-0.3, -0.25) is 14.4 Å². The molecule has 1 amide bonds. The summed E-state index contributed by atoms with van der Waals surface area (Å²) in [4.78, 5) is 40.5. The highest BCUT2D eigenvalue weighted by atomic mass is 33.1. The summed E-state index contributed by atoms with van der Waals surface area (Å²) in [5.74, 6) is 0.494. The van der Waals surface area contributed by atoms with Crippen LogP contribution in [0.3, 0.4) is 0 Å². The number of hydrogen-bond acceptors (Lipinski definition) is 9. The van der Waals surface area contributed by atoms with Crippen molar-refractivity contribution in [3.8, 4) is 0 Å². The van der Waals surface area contributed by atoms with Gasteiger partial charge in [-0.1, -0.05) is 34.9 Å². The Morgan fingerprint density at radius 3 is 2.27 bits per heavy atom. The Morgan fingerprint density at radius 1 is 0.970 bits per heavy atom. The van der Waals surface area contributed by atoms with E-state index in [4.69, 9.17) is 9.47 Å². The summed E-state index contributed by atoms with van der Waals surface area (Å²) in [7, 11) is 9.88. The molecule has 0 radical (unpaired) electrons. The highest BCUT2D eigenvalue weighted by Gasteiger charge is 2.19. The van der Waals surface area contributed by atoms with Gasteiger partial charge in [-0.25, -0.2) is 0 Å². The lowest BCUT2D eigenvalue weighted by Crippen LogP contribution is -2.42. The van der Waals surface area contributed by atoms with Gasteiger partial charge in [-0.15, -0.1) is 0 Å². The number of nitrogens with one attached hydrogen (secondary N) is 1. The Labute approximate surface area is 207 Å². The van der Waals surface area contributed by atoms with Crippen molar-refractivity contribution in [2.75, 3.05) is 59.7 Å². The molecule has 1 saturated heterocycles. The number of carbonyl (C=O) groups excluding carboxylic acids is 3. The Morgan fingerprint density at radius 2 is 1.67 bits per heavy atom. The third kappa shape index (κ3) is 16.3. The van der Waals surface area contributed by atoms with E-state index in [-0.39, 0.29) is 37.5 Å². The minimum Gasteiger partial charge on any atom is -0.463 e. The molecule has 0 bridgehead atoms. The monoisotopic (exact) mass is 505 g/mol. The molecule has 2 atom stereocenters. The molecule has 1 rings (SSSR count). The van der Waals surface area contributed by atoms with E-state index in [9.17, 15) is 14.4 Å². The molecule has 1 N–H and O–H groups in total. The molecule has 1 fully saturated rings. The van der Waals surface area contributed by atoms with Gasteiger partial charge in [0.15, 0.2) is 0 Å². The lowest BCUT2D eigenvalue weighted by molar-refractivity contribution is -0.149. The van der Waals surface area contributed by atoms with Gasteiger partial charge < -0.3 is 24.6 Å². The topological polar surface area (TPSA) is 88.2 Å². The number of amides is 1. The van der Waals surface area contributed by atoms with Gasteiger partial charge in [-0.2, -0.15) is 0 Å². The van der Waals surface area contributed by atoms with E-state index in [0.717, 1.165) is 32.4 Å². The van der Waals surface area contributed by atoms with Crippen LogP contribution in [0.1, 0.15) is 58.3 Å². The van der Waals surface area contributed by atoms with Crippen LogP contribution in [-0.4, -0.2) is 98.7 Å². The number of ether oxygens (including phenoxy) is 2. The van der Waals surface area contributed by atoms with Crippen molar-refractivity contribution >= 4 is 39.4 Å². The number of likely N-dealkylation sites (N-methyl/N-ethyl adjacent to an activating group) is 2. The normalized spacial score (nSPS) is 16.7. The maximum absolute atomic E-state index is 12.4. The second-order valence-electron chi connectivity index (χ2n) is 8.81. The van der Waals surface area contributed by atoms with Crippen LogP contribution < -0.4 is 5.32 Å². The number of unbranched alkanes of at least 4 members (excludes halogenated alkanes) is 1. The van der Waals surface area contributed by atoms with Crippen molar-refractivity contribution in [1.82, 2.24) is 15.1 Å². The smallest absolute Gasteiger partial charge is 0.307 e. The summed E-state index contributed by atoms with van der Waals surface area (Å²) in [5, 5.41) is 3.59. The van der Waals surface area contributed by atoms with E-state index < -0.39 is 6.04 Å². The molecule has 0 spiro atoms. The van der Waals surface area contributed by atoms with E-state index in [2.05, 4.69) is 15.1 Å². The maximum atomic E-state index is 12.4. The molecular weight excluding hydrogens is 462 g/mol. The molecule has 0 aromatic heterocycles. The second-order valence-corrected chi connectivity index (χ2v) is 11.6. The predicted molar refractivity (Wildman–Crippen MR) is 136 cm³/mol. The van der Waals surface area contributed by atoms with Crippen LogP contribution in [0.25, 0.3) is 0 Å². The number of nitrogens with zero attached hydrogens (tertiary/aromatic N) is 2. The Bertz CT molecular complexity index is 574. The molecule has 1 heterocycles. The quantitative estimate of drug-likeness (QED) is 0.172. The molecule has 0 aromatic rings. The lowest BCUT2D eigenvalue weighted by atomic mass is 10.1. The van der Waals surface area contributed by atoms with Crippen LogP contribution in [0.2, 0.25) is 0 Å². The van der Waals surface area contributed by atoms with Crippen LogP contribution in [-0.2, 0) is 23.9 Å². The molecule has 0 aromatic carbocycles. The van der Waals surface area contributed by atoms with Crippen molar-refractivity contribution < 1.29 is 23.9 Å². The first-order valence-electron chi connectivity index (χ1n) is 12.0. The van der Waals surface area contributed by atoms with Gasteiger partial charge in [0, 0.05) is 43.5 Å². The first-order chi connectivity index (χ1) is 15.8. The summed E-state index contributed by atoms with van der Waals surface area (Å²) >= 11 is 0. The largest absolute Gasteiger partial charge is 0.463 e. The van der Waals surface area contributed by atoms with Gasteiger partial charge in [0.1, 0.15) is 13.2 Å². The number of carbonyl (C=O) groups is 3. The molecule has 1 aliphatic heterocycles. The van der Waals surface area contributed by atoms with Crippen LogP contribution in [0.5, 0.6) is 0 Å². The van der Waals surface area contributed by atoms with Crippen LogP contribution in [0.4, 0.5) is 0 Å². The average Bonchev–Trinajstić information content (AvgIpc) is 3.29. The lowest BCUT2D eigenvalue weighted by Gasteiger charge is -2.20. The minimum absolute atomic E-state index is 0.00132. The molecule has 1 aliphatic rings. The molecular formula is C23H43N3O5S2. The molecule has 192 valence electrons. The predicted octanol–water partition coefficient (Wildman–Crippen LogP) is 2.96. The Kier molecular flexibility index (Phi) is 16.7. The molecule has 33 heavy (non-hydrogen) atoms. The molecule has 0 saturated carbocycles. The summed E-state index contributed by atoms with van der Waals surface area (Å²) in [5.41, 5.74) is 0. The number of rotatable bonds is 18. The number of hydrogen-bond donors (Lipinski definition) is 1. The second kappa shape index (κ2) is 18.4. The Balaban J connectivity index is 2.36. The van der Waals surface area contributed by atoms with Crippen LogP contribution in [0, 0.1) is 0 Å². The van der Waals surface area contributed by atoms with E-state index in [1.807, 2.05) is 49.7 Å². The standard InChI is InChI=1S/C23H43N3O5S2/c1-5-8-22(28)30-17-19(18-31-23(29)11-13-26(4)15-14-25(2)3)24-21(27)10-7-6-9-20-12-16-32-33-20/h19-20H,5-18H2,1-4H3,(H,24,27). The maximum Gasteiger partial charge on any atom is 0.307 e. The van der Waals surface area contributed by atoms with Crippen LogP contribution in [0.15, 0.2) is 0 Å². The van der Waals surface area contributed by atoms with Gasteiger partial charge in [0.05, 0.1) is 12.5 Å². The molecule has 2 unspecified atom stereocenters. The van der Waals surface area contributed by atoms with Crippen molar-refractivity contribution in [3.63, 3.8) is 0 Å². The first kappa shape index (κ1) is 30.1. The van der Waals surface area contributed by atoms with E-state index in [1.54, 1.807) is 0 Å². The van der Waals surface area contributed by atoms with Crippen molar-refractivity contribution in [2.45, 2.75) is 69.6 Å². The SMILES string of the molecule is CCCC(=O)OCC(COC(=O)CCN(C)CCN(C)C)NC(=O)CCCCC1CCSS1. The average molecular weight is 506 g/mol.